The van der Waals surface area contributed by atoms with Crippen molar-refractivity contribution in [1.82, 2.24) is 0 Å². The first-order chi connectivity index (χ1) is 18.9. The summed E-state index contributed by atoms with van der Waals surface area (Å²) in [5, 5.41) is 9.42. The summed E-state index contributed by atoms with van der Waals surface area (Å²) >= 11 is 0. The molecule has 0 aliphatic heterocycles. The molecular weight excluding hydrogens is 536 g/mol. The molecule has 0 aliphatic carbocycles. The third-order valence-electron chi connectivity index (χ3n) is 6.40. The van der Waals surface area contributed by atoms with E-state index in [1.54, 1.807) is 12.1 Å². The van der Waals surface area contributed by atoms with E-state index in [-0.39, 0.29) is 19.0 Å². The lowest BCUT2D eigenvalue weighted by Crippen LogP contribution is -2.54. The molecule has 0 saturated heterocycles. The lowest BCUT2D eigenvalue weighted by molar-refractivity contribution is -0.288. The summed E-state index contributed by atoms with van der Waals surface area (Å²) in [6, 6.07) is 21.0. The number of nitrogens with two attached hydrogens (primary N) is 1. The van der Waals surface area contributed by atoms with Crippen LogP contribution in [0, 0.1) is 0 Å². The van der Waals surface area contributed by atoms with E-state index in [0.717, 1.165) is 53.1 Å². The molecule has 0 aliphatic rings. The smallest absolute Gasteiger partial charge is 0.411 e. The van der Waals surface area contributed by atoms with Gasteiger partial charge in [0.1, 0.15) is 30.5 Å². The van der Waals surface area contributed by atoms with E-state index in [1.165, 1.54) is 0 Å². The Morgan fingerprint density at radius 1 is 0.575 bits per heavy atom. The van der Waals surface area contributed by atoms with Crippen LogP contribution in [-0.4, -0.2) is 17.5 Å². The third kappa shape index (κ3) is 6.02. The van der Waals surface area contributed by atoms with Crippen LogP contribution in [0.15, 0.2) is 97.1 Å². The Hall–Kier alpha value is -4.18. The maximum atomic E-state index is 14.2. The van der Waals surface area contributed by atoms with Crippen LogP contribution in [0.1, 0.15) is 27.8 Å². The van der Waals surface area contributed by atoms with Crippen molar-refractivity contribution in [3.8, 4) is 17.2 Å². The molecule has 4 aromatic rings. The summed E-state index contributed by atoms with van der Waals surface area (Å²) in [5.41, 5.74) is 1.75. The summed E-state index contributed by atoms with van der Waals surface area (Å²) in [5.74, 6) is 0.303. The van der Waals surface area contributed by atoms with Crippen molar-refractivity contribution in [3.05, 3.63) is 125 Å². The summed E-state index contributed by atoms with van der Waals surface area (Å²) in [7, 11) is 0. The molecular formula is C30H25F6NO3. The zero-order valence-corrected chi connectivity index (χ0v) is 21.0. The minimum Gasteiger partial charge on any atom is -0.508 e. The van der Waals surface area contributed by atoms with Gasteiger partial charge in [0.05, 0.1) is 0 Å². The van der Waals surface area contributed by atoms with Gasteiger partial charge in [-0.2, -0.15) is 26.3 Å². The Morgan fingerprint density at radius 3 is 1.43 bits per heavy atom. The number of benzene rings is 4. The Bertz CT molecular complexity index is 1390. The third-order valence-corrected chi connectivity index (χ3v) is 6.40. The molecule has 0 bridgehead atoms. The van der Waals surface area contributed by atoms with Crippen LogP contribution in [0.5, 0.6) is 17.2 Å². The number of aromatic hydroxyl groups is 1. The fraction of sp³-hybridized carbons (Fsp3) is 0.200. The highest BCUT2D eigenvalue weighted by Gasteiger charge is 2.72. The minimum atomic E-state index is -5.72. The molecule has 0 fully saturated rings. The van der Waals surface area contributed by atoms with Crippen LogP contribution in [0.3, 0.4) is 0 Å². The van der Waals surface area contributed by atoms with Crippen LogP contribution in [-0.2, 0) is 25.2 Å². The number of hydrogen-bond acceptors (Lipinski definition) is 4. The Kier molecular flexibility index (Phi) is 8.29. The number of alkyl halides is 6. The van der Waals surface area contributed by atoms with E-state index in [2.05, 4.69) is 0 Å². The highest BCUT2D eigenvalue weighted by atomic mass is 19.4. The van der Waals surface area contributed by atoms with Crippen LogP contribution in [0.2, 0.25) is 0 Å². The first-order valence-corrected chi connectivity index (χ1v) is 12.1. The zero-order valence-electron chi connectivity index (χ0n) is 21.0. The monoisotopic (exact) mass is 561 g/mol. The minimum absolute atomic E-state index is 0.0278. The normalized spacial score (nSPS) is 12.3. The lowest BCUT2D eigenvalue weighted by atomic mass is 9.73. The molecule has 0 heterocycles. The summed E-state index contributed by atoms with van der Waals surface area (Å²) in [4.78, 5) is 0. The van der Waals surface area contributed by atoms with Gasteiger partial charge < -0.3 is 20.3 Å². The van der Waals surface area contributed by atoms with E-state index in [1.807, 2.05) is 36.4 Å². The molecule has 40 heavy (non-hydrogen) atoms. The fourth-order valence-electron chi connectivity index (χ4n) is 4.36. The lowest BCUT2D eigenvalue weighted by Gasteiger charge is -2.38. The van der Waals surface area contributed by atoms with Gasteiger partial charge in [-0.25, -0.2) is 0 Å². The first kappa shape index (κ1) is 28.8. The van der Waals surface area contributed by atoms with Gasteiger partial charge in [-0.1, -0.05) is 54.6 Å². The predicted octanol–water partition coefficient (Wildman–Crippen LogP) is 7.42. The first-order valence-electron chi connectivity index (χ1n) is 12.1. The van der Waals surface area contributed by atoms with Crippen molar-refractivity contribution >= 4 is 0 Å². The largest absolute Gasteiger partial charge is 0.508 e. The van der Waals surface area contributed by atoms with Gasteiger partial charge in [0.2, 0.25) is 5.41 Å². The Morgan fingerprint density at radius 2 is 1.00 bits per heavy atom. The van der Waals surface area contributed by atoms with Crippen LogP contribution >= 0.6 is 0 Å². The Balaban J connectivity index is 1.50. The van der Waals surface area contributed by atoms with Gasteiger partial charge in [0.15, 0.2) is 0 Å². The van der Waals surface area contributed by atoms with Crippen molar-refractivity contribution in [2.24, 2.45) is 5.73 Å². The number of hydrogen-bond donors (Lipinski definition) is 2. The predicted molar refractivity (Wildman–Crippen MR) is 137 cm³/mol. The molecule has 0 atom stereocenters. The number of halogens is 6. The van der Waals surface area contributed by atoms with Gasteiger partial charge in [-0.05, 0) is 70.3 Å². The molecule has 0 radical (unpaired) electrons. The quantitative estimate of drug-likeness (QED) is 0.209. The van der Waals surface area contributed by atoms with Crippen molar-refractivity contribution < 1.29 is 40.9 Å². The number of phenols is 1. The maximum Gasteiger partial charge on any atom is 0.411 e. The molecule has 0 spiro atoms. The number of ether oxygens (including phenoxy) is 2. The summed E-state index contributed by atoms with van der Waals surface area (Å²) in [6.45, 7) is 0.730. The molecule has 4 rings (SSSR count). The zero-order chi connectivity index (χ0) is 29.0. The van der Waals surface area contributed by atoms with Gasteiger partial charge in [0, 0.05) is 6.54 Å². The van der Waals surface area contributed by atoms with Gasteiger partial charge in [-0.3, -0.25) is 0 Å². The molecule has 4 aromatic carbocycles. The molecule has 10 heteroatoms. The number of rotatable bonds is 9. The van der Waals surface area contributed by atoms with E-state index in [9.17, 15) is 31.4 Å². The average Bonchev–Trinajstić information content (AvgIpc) is 2.92. The van der Waals surface area contributed by atoms with E-state index in [0.29, 0.717) is 24.4 Å². The topological polar surface area (TPSA) is 64.7 Å². The summed E-state index contributed by atoms with van der Waals surface area (Å²) < 4.78 is 96.8. The van der Waals surface area contributed by atoms with Crippen molar-refractivity contribution in [2.45, 2.75) is 37.5 Å². The van der Waals surface area contributed by atoms with E-state index < -0.39 is 34.6 Å². The van der Waals surface area contributed by atoms with Crippen LogP contribution in [0.25, 0.3) is 0 Å². The molecule has 0 unspecified atom stereocenters. The molecule has 0 saturated carbocycles. The molecule has 210 valence electrons. The van der Waals surface area contributed by atoms with Gasteiger partial charge >= 0.3 is 12.4 Å². The van der Waals surface area contributed by atoms with Crippen LogP contribution < -0.4 is 15.2 Å². The number of phenolic OH excluding ortho intramolecular Hbond substituents is 1. The average molecular weight is 562 g/mol. The second-order valence-corrected chi connectivity index (χ2v) is 9.06. The molecule has 3 N–H and O–H groups in total. The fourth-order valence-corrected chi connectivity index (χ4v) is 4.36. The molecule has 4 nitrogen and oxygen atoms in total. The highest BCUT2D eigenvalue weighted by molar-refractivity contribution is 5.47. The van der Waals surface area contributed by atoms with Gasteiger partial charge in [0.25, 0.3) is 0 Å². The van der Waals surface area contributed by atoms with E-state index in [4.69, 9.17) is 15.2 Å². The maximum absolute atomic E-state index is 14.2. The van der Waals surface area contributed by atoms with Crippen molar-refractivity contribution in [1.29, 1.82) is 0 Å². The van der Waals surface area contributed by atoms with Gasteiger partial charge in [-0.15, -0.1) is 0 Å². The highest BCUT2D eigenvalue weighted by Crippen LogP contribution is 2.56. The van der Waals surface area contributed by atoms with E-state index >= 15 is 0 Å². The van der Waals surface area contributed by atoms with Crippen LogP contribution in [0.4, 0.5) is 26.3 Å². The molecule has 0 amide bonds. The SMILES string of the molecule is NCc1ccc(OCc2cccc(COc3ccc(C(c4ccc(O)cc4)(C(F)(F)F)C(F)(F)F)cc3)c2)cc1. The Labute approximate surface area is 226 Å². The van der Waals surface area contributed by atoms with Crippen molar-refractivity contribution in [3.63, 3.8) is 0 Å². The second kappa shape index (κ2) is 11.5. The van der Waals surface area contributed by atoms with Crippen molar-refractivity contribution in [2.75, 3.05) is 0 Å². The second-order valence-electron chi connectivity index (χ2n) is 9.06. The molecule has 0 aromatic heterocycles. The standard InChI is InChI=1S/C30H25F6NO3/c31-29(32,33)28(30(34,35)36,23-6-10-25(38)11-7-23)24-8-14-27(15-9-24)40-19-22-3-1-2-21(16-22)18-39-26-12-4-20(17-37)5-13-26/h1-16,38H,17-19,37H2. The summed E-state index contributed by atoms with van der Waals surface area (Å²) in [6.07, 6.45) is -11.4.